The molecule has 0 bridgehead atoms. The Balaban J connectivity index is 2.42. The molecule has 1 N–H and O–H groups in total. The Labute approximate surface area is 137 Å². The minimum absolute atomic E-state index is 0.417. The van der Waals surface area contributed by atoms with E-state index in [1.807, 2.05) is 30.6 Å². The molecule has 0 radical (unpaired) electrons. The molecule has 1 saturated heterocycles. The van der Waals surface area contributed by atoms with E-state index in [4.69, 9.17) is 9.97 Å². The Morgan fingerprint density at radius 1 is 1.26 bits per heavy atom. The molecular formula is C13H20IN3S2. The van der Waals surface area contributed by atoms with Gasteiger partial charge in [0.15, 0.2) is 0 Å². The first-order chi connectivity index (χ1) is 9.04. The molecule has 1 aromatic heterocycles. The van der Waals surface area contributed by atoms with Crippen molar-refractivity contribution in [1.29, 1.82) is 0 Å². The lowest BCUT2D eigenvalue weighted by Crippen LogP contribution is -2.20. The Morgan fingerprint density at radius 3 is 2.53 bits per heavy atom. The van der Waals surface area contributed by atoms with Crippen LogP contribution in [0.4, 0.5) is 5.82 Å². The van der Waals surface area contributed by atoms with Gasteiger partial charge in [0.25, 0.3) is 0 Å². The van der Waals surface area contributed by atoms with Crippen molar-refractivity contribution >= 4 is 51.9 Å². The van der Waals surface area contributed by atoms with E-state index in [1.54, 1.807) is 0 Å². The molecule has 0 aliphatic carbocycles. The van der Waals surface area contributed by atoms with E-state index in [0.717, 1.165) is 15.2 Å². The molecule has 0 aromatic carbocycles. The summed E-state index contributed by atoms with van der Waals surface area (Å²) < 4.78 is 1.15. The molecule has 6 heteroatoms. The normalized spacial score (nSPS) is 23.7. The first-order valence-corrected chi connectivity index (χ1v) is 9.70. The van der Waals surface area contributed by atoms with Crippen molar-refractivity contribution in [2.75, 3.05) is 23.9 Å². The van der Waals surface area contributed by atoms with Gasteiger partial charge in [-0.1, -0.05) is 20.8 Å². The minimum Gasteiger partial charge on any atom is -0.372 e. The Morgan fingerprint density at radius 2 is 1.95 bits per heavy atom. The zero-order valence-electron chi connectivity index (χ0n) is 11.7. The molecule has 106 valence electrons. The Bertz CT molecular complexity index is 454. The maximum absolute atomic E-state index is 4.86. The summed E-state index contributed by atoms with van der Waals surface area (Å²) in [4.78, 5) is 9.61. The smallest absolute Gasteiger partial charge is 0.145 e. The highest BCUT2D eigenvalue weighted by atomic mass is 127. The number of aromatic nitrogens is 2. The minimum atomic E-state index is 0.417. The second kappa shape index (κ2) is 6.85. The van der Waals surface area contributed by atoms with Crippen molar-refractivity contribution in [3.63, 3.8) is 0 Å². The van der Waals surface area contributed by atoms with E-state index in [9.17, 15) is 0 Å². The number of anilines is 1. The van der Waals surface area contributed by atoms with E-state index in [1.165, 1.54) is 17.2 Å². The van der Waals surface area contributed by atoms with Gasteiger partial charge in [0.2, 0.25) is 0 Å². The van der Waals surface area contributed by atoms with Crippen LogP contribution < -0.4 is 5.32 Å². The van der Waals surface area contributed by atoms with E-state index >= 15 is 0 Å². The highest BCUT2D eigenvalue weighted by molar-refractivity contribution is 14.1. The third-order valence-corrected chi connectivity index (χ3v) is 7.27. The molecule has 1 fully saturated rings. The maximum Gasteiger partial charge on any atom is 0.145 e. The predicted octanol–water partition coefficient (Wildman–Crippen LogP) is 4.16. The molecule has 2 unspecified atom stereocenters. The van der Waals surface area contributed by atoms with Crippen LogP contribution in [0.5, 0.6) is 0 Å². The van der Waals surface area contributed by atoms with Crippen molar-refractivity contribution in [1.82, 2.24) is 9.97 Å². The fourth-order valence-corrected chi connectivity index (χ4v) is 5.90. The fourth-order valence-electron chi connectivity index (χ4n) is 2.07. The summed E-state index contributed by atoms with van der Waals surface area (Å²) >= 11 is 6.37. The highest BCUT2D eigenvalue weighted by Gasteiger charge is 2.28. The second-order valence-electron chi connectivity index (χ2n) is 4.90. The molecule has 1 aliphatic heterocycles. The SMILES string of the molecule is CNc1nc(C2SCCSC2C)nc(C(C)C)c1I. The number of nitrogens with zero attached hydrogens (tertiary/aromatic N) is 2. The average molecular weight is 409 g/mol. The lowest BCUT2D eigenvalue weighted by atomic mass is 10.1. The molecular weight excluding hydrogens is 389 g/mol. The van der Waals surface area contributed by atoms with E-state index in [2.05, 4.69) is 48.7 Å². The largest absolute Gasteiger partial charge is 0.372 e. The van der Waals surface area contributed by atoms with E-state index in [-0.39, 0.29) is 0 Å². The lowest BCUT2D eigenvalue weighted by Gasteiger charge is -2.27. The molecule has 2 rings (SSSR count). The third kappa shape index (κ3) is 3.50. The van der Waals surface area contributed by atoms with Crippen LogP contribution >= 0.6 is 46.1 Å². The van der Waals surface area contributed by atoms with Crippen LogP contribution in [0.3, 0.4) is 0 Å². The van der Waals surface area contributed by atoms with Gasteiger partial charge >= 0.3 is 0 Å². The quantitative estimate of drug-likeness (QED) is 0.760. The van der Waals surface area contributed by atoms with Gasteiger partial charge in [-0.25, -0.2) is 9.97 Å². The summed E-state index contributed by atoms with van der Waals surface area (Å²) in [5.74, 6) is 4.83. The molecule has 0 spiro atoms. The van der Waals surface area contributed by atoms with Crippen molar-refractivity contribution in [3.8, 4) is 0 Å². The first-order valence-electron chi connectivity index (χ1n) is 6.52. The zero-order chi connectivity index (χ0) is 14.0. The van der Waals surface area contributed by atoms with Crippen molar-refractivity contribution in [3.05, 3.63) is 15.1 Å². The van der Waals surface area contributed by atoms with Crippen LogP contribution in [-0.2, 0) is 0 Å². The summed E-state index contributed by atoms with van der Waals surface area (Å²) in [5, 5.41) is 4.21. The summed E-state index contributed by atoms with van der Waals surface area (Å²) in [6.07, 6.45) is 0. The standard InChI is InChI=1S/C13H20IN3S2/c1-7(2)10-9(14)12(15-4)17-13(16-10)11-8(3)18-5-6-19-11/h7-8,11H,5-6H2,1-4H3,(H,15,16,17). The third-order valence-electron chi connectivity index (χ3n) is 3.12. The van der Waals surface area contributed by atoms with Gasteiger partial charge in [-0.2, -0.15) is 11.8 Å². The van der Waals surface area contributed by atoms with Gasteiger partial charge < -0.3 is 5.32 Å². The number of nitrogens with one attached hydrogen (secondary N) is 1. The monoisotopic (exact) mass is 409 g/mol. The fraction of sp³-hybridized carbons (Fsp3) is 0.692. The lowest BCUT2D eigenvalue weighted by molar-refractivity contribution is 0.754. The van der Waals surface area contributed by atoms with Crippen molar-refractivity contribution < 1.29 is 0 Å². The topological polar surface area (TPSA) is 37.8 Å². The van der Waals surface area contributed by atoms with Gasteiger partial charge in [0.05, 0.1) is 14.5 Å². The summed E-state index contributed by atoms with van der Waals surface area (Å²) in [7, 11) is 1.94. The Hall–Kier alpha value is 0.310. The van der Waals surface area contributed by atoms with Crippen LogP contribution in [-0.4, -0.2) is 33.8 Å². The van der Waals surface area contributed by atoms with Gasteiger partial charge in [0, 0.05) is 23.8 Å². The molecule has 3 nitrogen and oxygen atoms in total. The van der Waals surface area contributed by atoms with Crippen molar-refractivity contribution in [2.45, 2.75) is 37.2 Å². The van der Waals surface area contributed by atoms with E-state index < -0.39 is 0 Å². The van der Waals surface area contributed by atoms with Crippen LogP contribution in [0.2, 0.25) is 0 Å². The average Bonchev–Trinajstić information content (AvgIpc) is 2.39. The first kappa shape index (κ1) is 15.7. The highest BCUT2D eigenvalue weighted by Crippen LogP contribution is 2.42. The van der Waals surface area contributed by atoms with Crippen molar-refractivity contribution in [2.24, 2.45) is 0 Å². The summed E-state index contributed by atoms with van der Waals surface area (Å²) in [6, 6.07) is 0. The summed E-state index contributed by atoms with van der Waals surface area (Å²) in [6.45, 7) is 6.68. The number of hydrogen-bond donors (Lipinski definition) is 1. The zero-order valence-corrected chi connectivity index (χ0v) is 15.5. The molecule has 1 aromatic rings. The van der Waals surface area contributed by atoms with Crippen LogP contribution in [0.25, 0.3) is 0 Å². The molecule has 2 heterocycles. The molecule has 0 amide bonds. The van der Waals surface area contributed by atoms with Gasteiger partial charge in [-0.3, -0.25) is 0 Å². The number of rotatable bonds is 3. The molecule has 1 aliphatic rings. The van der Waals surface area contributed by atoms with Crippen LogP contribution in [0.1, 0.15) is 43.5 Å². The van der Waals surface area contributed by atoms with Gasteiger partial charge in [0.1, 0.15) is 11.6 Å². The number of thioether (sulfide) groups is 2. The van der Waals surface area contributed by atoms with Crippen LogP contribution in [0.15, 0.2) is 0 Å². The second-order valence-corrected chi connectivity index (χ2v) is 8.71. The number of halogens is 1. The summed E-state index contributed by atoms with van der Waals surface area (Å²) in [5.41, 5.74) is 1.17. The number of hydrogen-bond acceptors (Lipinski definition) is 5. The predicted molar refractivity (Wildman–Crippen MR) is 95.5 cm³/mol. The molecule has 0 saturated carbocycles. The molecule has 19 heavy (non-hydrogen) atoms. The van der Waals surface area contributed by atoms with Gasteiger partial charge in [-0.15, -0.1) is 11.8 Å². The Kier molecular flexibility index (Phi) is 5.65. The molecule has 2 atom stereocenters. The van der Waals surface area contributed by atoms with Gasteiger partial charge in [-0.05, 0) is 28.5 Å². The van der Waals surface area contributed by atoms with E-state index in [0.29, 0.717) is 16.4 Å². The maximum atomic E-state index is 4.86. The van der Waals surface area contributed by atoms with Crippen LogP contribution in [0, 0.1) is 3.57 Å².